The van der Waals surface area contributed by atoms with Crippen molar-refractivity contribution >= 4 is 104 Å². The second kappa shape index (κ2) is 14.7. The van der Waals surface area contributed by atoms with Gasteiger partial charge in [0.15, 0.2) is 0 Å². The summed E-state index contributed by atoms with van der Waals surface area (Å²) in [5, 5.41) is 0. The van der Waals surface area contributed by atoms with Gasteiger partial charge in [-0.25, -0.2) is 9.97 Å². The molecule has 0 aliphatic carbocycles. The minimum absolute atomic E-state index is 0.828. The molecule has 8 heteroatoms. The van der Waals surface area contributed by atoms with E-state index in [1.165, 1.54) is 22.3 Å². The fraction of sp³-hybridized carbons (Fsp3) is 0.0833. The number of fused-ring (bicyclic) bond motifs is 8. The first kappa shape index (κ1) is 37.0. The Bertz CT molecular complexity index is 2550. The highest BCUT2D eigenvalue weighted by Gasteiger charge is 2.28. The summed E-state index contributed by atoms with van der Waals surface area (Å²) in [7, 11) is 0. The molecule has 0 saturated heterocycles. The highest BCUT2D eigenvalue weighted by Crippen LogP contribution is 2.49. The van der Waals surface area contributed by atoms with Crippen LogP contribution in [-0.2, 0) is 0 Å². The lowest BCUT2D eigenvalue weighted by atomic mass is 10.0. The smallest absolute Gasteiger partial charge is 0.0891 e. The van der Waals surface area contributed by atoms with Crippen LogP contribution in [0.15, 0.2) is 121 Å². The van der Waals surface area contributed by atoms with Gasteiger partial charge in [0.2, 0.25) is 0 Å². The Morgan fingerprint density at radius 3 is 0.696 bits per heavy atom. The minimum atomic E-state index is 0.828. The average molecular weight is 986 g/mol. The van der Waals surface area contributed by atoms with Crippen molar-refractivity contribution in [3.63, 3.8) is 0 Å². The van der Waals surface area contributed by atoms with Crippen molar-refractivity contribution in [2.24, 2.45) is 0 Å². The van der Waals surface area contributed by atoms with Crippen LogP contribution in [0.4, 0.5) is 0 Å². The molecule has 0 unspecified atom stereocenters. The highest BCUT2D eigenvalue weighted by atomic mass is 79.9. The Morgan fingerprint density at radius 1 is 0.304 bits per heavy atom. The molecule has 8 bridgehead atoms. The molecule has 0 radical (unpaired) electrons. The van der Waals surface area contributed by atoms with E-state index in [0.717, 1.165) is 107 Å². The lowest BCUT2D eigenvalue weighted by molar-refractivity contribution is 1.30. The molecule has 4 aromatic carbocycles. The van der Waals surface area contributed by atoms with E-state index in [0.29, 0.717) is 0 Å². The molecule has 0 spiro atoms. The normalized spacial score (nSPS) is 12.9. The van der Waals surface area contributed by atoms with E-state index in [-0.39, 0.29) is 0 Å². The molecule has 0 fully saturated rings. The summed E-state index contributed by atoms with van der Waals surface area (Å²) in [5.41, 5.74) is 19.9. The van der Waals surface area contributed by atoms with E-state index in [2.05, 4.69) is 223 Å². The van der Waals surface area contributed by atoms with Crippen molar-refractivity contribution in [1.82, 2.24) is 19.9 Å². The van der Waals surface area contributed by atoms with Crippen LogP contribution in [-0.4, -0.2) is 19.9 Å². The zero-order chi connectivity index (χ0) is 38.8. The molecule has 2 aliphatic rings. The van der Waals surface area contributed by atoms with Gasteiger partial charge in [0.25, 0.3) is 0 Å². The largest absolute Gasteiger partial charge is 0.354 e. The van der Waals surface area contributed by atoms with E-state index in [4.69, 9.17) is 9.97 Å². The predicted molar refractivity (Wildman–Crippen MR) is 251 cm³/mol. The average Bonchev–Trinajstić information content (AvgIpc) is 3.99. The van der Waals surface area contributed by atoms with Gasteiger partial charge in [-0.3, -0.25) is 0 Å². The Balaban J connectivity index is 1.54. The number of hydrogen-bond acceptors (Lipinski definition) is 2. The van der Waals surface area contributed by atoms with Gasteiger partial charge in [0, 0.05) is 44.3 Å². The molecule has 7 aromatic rings. The molecule has 56 heavy (non-hydrogen) atoms. The number of hydrogen-bond donors (Lipinski definition) is 2. The monoisotopic (exact) mass is 982 g/mol. The molecular weight excluding hydrogens is 952 g/mol. The van der Waals surface area contributed by atoms with Crippen LogP contribution in [0.25, 0.3) is 84.5 Å². The molecule has 4 nitrogen and oxygen atoms in total. The molecule has 2 N–H and O–H groups in total. The second-order valence-corrected chi connectivity index (χ2v) is 17.6. The number of nitrogens with one attached hydrogen (secondary N) is 2. The number of aromatic nitrogens is 4. The van der Waals surface area contributed by atoms with E-state index in [1.807, 2.05) is 0 Å². The van der Waals surface area contributed by atoms with Crippen LogP contribution in [0, 0.1) is 27.7 Å². The van der Waals surface area contributed by atoms with Crippen molar-refractivity contribution in [1.29, 1.82) is 0 Å². The van der Waals surface area contributed by atoms with Crippen LogP contribution in [0.1, 0.15) is 45.0 Å². The fourth-order valence-electron chi connectivity index (χ4n) is 7.43. The third kappa shape index (κ3) is 6.50. The molecule has 274 valence electrons. The standard InChI is InChI=1S/C48H34Br4N4/c1-25-5-13-29(14-6-25)37-33-21-22-34(53-33)38(30-15-7-26(2)8-16-30)47-43(51)44(52)48(56-47)40(32-19-11-28(4)12-20-32)36-24-23-35(54-36)39(31-17-9-27(3)10-18-31)46-42(50)41(49)45(37)55-46/h5-24,53-54H,1-4H3. The van der Waals surface area contributed by atoms with Gasteiger partial charge >= 0.3 is 0 Å². The summed E-state index contributed by atoms with van der Waals surface area (Å²) < 4.78 is 3.51. The van der Waals surface area contributed by atoms with Crippen molar-refractivity contribution in [3.05, 3.63) is 166 Å². The third-order valence-corrected chi connectivity index (χ3v) is 14.6. The third-order valence-electron chi connectivity index (χ3n) is 10.4. The zero-order valence-corrected chi connectivity index (χ0v) is 37.3. The highest BCUT2D eigenvalue weighted by molar-refractivity contribution is 9.18. The van der Waals surface area contributed by atoms with Gasteiger partial charge in [0.1, 0.15) is 0 Å². The Kier molecular flexibility index (Phi) is 9.73. The van der Waals surface area contributed by atoms with Crippen molar-refractivity contribution in [2.75, 3.05) is 0 Å². The van der Waals surface area contributed by atoms with E-state index >= 15 is 0 Å². The minimum Gasteiger partial charge on any atom is -0.354 e. The van der Waals surface area contributed by atoms with Gasteiger partial charge in [0.05, 0.1) is 40.7 Å². The quantitative estimate of drug-likeness (QED) is 0.185. The Hall–Kier alpha value is -4.60. The number of halogens is 4. The number of rotatable bonds is 4. The Labute approximate surface area is 359 Å². The second-order valence-electron chi connectivity index (χ2n) is 14.4. The molecule has 2 aliphatic heterocycles. The summed E-state index contributed by atoms with van der Waals surface area (Å²) in [5.74, 6) is 0. The van der Waals surface area contributed by atoms with Gasteiger partial charge in [-0.05, 0) is 138 Å². The predicted octanol–water partition coefficient (Wildman–Crippen LogP) is 15.4. The topological polar surface area (TPSA) is 57.4 Å². The molecule has 0 saturated carbocycles. The zero-order valence-electron chi connectivity index (χ0n) is 31.0. The first-order valence-electron chi connectivity index (χ1n) is 18.3. The molecule has 0 amide bonds. The van der Waals surface area contributed by atoms with Crippen LogP contribution in [0.3, 0.4) is 0 Å². The van der Waals surface area contributed by atoms with Gasteiger partial charge < -0.3 is 9.97 Å². The molecule has 0 atom stereocenters. The fourth-order valence-corrected chi connectivity index (χ4v) is 9.33. The van der Waals surface area contributed by atoms with Crippen molar-refractivity contribution < 1.29 is 0 Å². The summed E-state index contributed by atoms with van der Waals surface area (Å²) in [6, 6.07) is 43.2. The van der Waals surface area contributed by atoms with Crippen LogP contribution >= 0.6 is 63.7 Å². The summed E-state index contributed by atoms with van der Waals surface area (Å²) in [6.07, 6.45) is 0. The van der Waals surface area contributed by atoms with Crippen LogP contribution in [0.2, 0.25) is 0 Å². The molecular formula is C48H34Br4N4. The summed E-state index contributed by atoms with van der Waals surface area (Å²) >= 11 is 16.1. The number of aryl methyl sites for hydroxylation is 4. The maximum absolute atomic E-state index is 5.53. The van der Waals surface area contributed by atoms with E-state index in [1.54, 1.807) is 0 Å². The first-order chi connectivity index (χ1) is 27.0. The van der Waals surface area contributed by atoms with Gasteiger partial charge in [-0.2, -0.15) is 0 Å². The summed E-state index contributed by atoms with van der Waals surface area (Å²) in [4.78, 5) is 18.8. The van der Waals surface area contributed by atoms with Crippen molar-refractivity contribution in [2.45, 2.75) is 27.7 Å². The van der Waals surface area contributed by atoms with Gasteiger partial charge in [-0.15, -0.1) is 0 Å². The lowest BCUT2D eigenvalue weighted by Gasteiger charge is -2.08. The number of aromatic amines is 2. The van der Waals surface area contributed by atoms with Gasteiger partial charge in [-0.1, -0.05) is 119 Å². The summed E-state index contributed by atoms with van der Waals surface area (Å²) in [6.45, 7) is 8.45. The maximum atomic E-state index is 5.53. The number of benzene rings is 4. The number of nitrogens with zero attached hydrogens (tertiary/aromatic N) is 2. The maximum Gasteiger partial charge on any atom is 0.0891 e. The molecule has 5 heterocycles. The van der Waals surface area contributed by atoms with Crippen molar-refractivity contribution in [3.8, 4) is 44.5 Å². The van der Waals surface area contributed by atoms with E-state index < -0.39 is 0 Å². The van der Waals surface area contributed by atoms with Crippen LogP contribution < -0.4 is 0 Å². The number of H-pyrrole nitrogens is 2. The Morgan fingerprint density at radius 2 is 0.500 bits per heavy atom. The molecule has 9 rings (SSSR count). The van der Waals surface area contributed by atoms with E-state index in [9.17, 15) is 0 Å². The lowest BCUT2D eigenvalue weighted by Crippen LogP contribution is -1.91. The van der Waals surface area contributed by atoms with Crippen LogP contribution in [0.5, 0.6) is 0 Å². The first-order valence-corrected chi connectivity index (χ1v) is 21.4. The molecule has 3 aromatic heterocycles. The SMILES string of the molecule is Cc1ccc(-c2c3nc(c(-c4ccc(C)cc4)c4ccc([nH]4)c(-c4ccc(C)cc4)c4nc(c(-c5ccc(C)cc5)c5ccc2[nH]5)C(Br)=C4Br)C(Br)=C3Br)cc1.